The van der Waals surface area contributed by atoms with Gasteiger partial charge in [-0.25, -0.2) is 17.5 Å². The summed E-state index contributed by atoms with van der Waals surface area (Å²) < 4.78 is 47.0. The summed E-state index contributed by atoms with van der Waals surface area (Å²) in [6.07, 6.45) is 0.715. The van der Waals surface area contributed by atoms with Crippen molar-refractivity contribution in [3.05, 3.63) is 59.2 Å². The van der Waals surface area contributed by atoms with Crippen LogP contribution in [0, 0.1) is 5.82 Å². The van der Waals surface area contributed by atoms with Gasteiger partial charge in [0.25, 0.3) is 5.91 Å². The zero-order chi connectivity index (χ0) is 22.6. The molecule has 0 bridgehead atoms. The Balaban J connectivity index is 1.31. The number of hydrogen-bond acceptors (Lipinski definition) is 6. The molecule has 32 heavy (non-hydrogen) atoms. The van der Waals surface area contributed by atoms with Gasteiger partial charge in [-0.3, -0.25) is 9.69 Å². The Morgan fingerprint density at radius 2 is 1.84 bits per heavy atom. The van der Waals surface area contributed by atoms with Crippen LogP contribution in [0.3, 0.4) is 0 Å². The Hall–Kier alpha value is -2.37. The van der Waals surface area contributed by atoms with Crippen molar-refractivity contribution in [1.82, 2.24) is 9.62 Å². The zero-order valence-electron chi connectivity index (χ0n) is 17.3. The lowest BCUT2D eigenvalue weighted by molar-refractivity contribution is 0.0376. The van der Waals surface area contributed by atoms with Crippen LogP contribution in [0.25, 0.3) is 10.1 Å². The van der Waals surface area contributed by atoms with Crippen LogP contribution >= 0.6 is 11.3 Å². The van der Waals surface area contributed by atoms with Crippen molar-refractivity contribution in [2.45, 2.75) is 11.3 Å². The van der Waals surface area contributed by atoms with E-state index in [-0.39, 0.29) is 16.6 Å². The number of anilines is 1. The Kier molecular flexibility index (Phi) is 7.17. The zero-order valence-corrected chi connectivity index (χ0v) is 19.0. The van der Waals surface area contributed by atoms with E-state index in [1.807, 2.05) is 0 Å². The maximum atomic E-state index is 13.4. The molecule has 0 radical (unpaired) electrons. The fraction of sp³-hybridized carbons (Fsp3) is 0.318. The first kappa shape index (κ1) is 22.8. The van der Waals surface area contributed by atoms with Crippen molar-refractivity contribution < 1.29 is 22.3 Å². The van der Waals surface area contributed by atoms with Crippen LogP contribution in [0.15, 0.2) is 53.4 Å². The SMILES string of the molecule is O=C(Nc1ccc(S(=O)(=O)NCCCN2CCOCC2)cc1)c1cc2ccc(F)cc2s1. The van der Waals surface area contributed by atoms with Gasteiger partial charge in [-0.2, -0.15) is 0 Å². The van der Waals surface area contributed by atoms with Gasteiger partial charge in [-0.05, 0) is 60.8 Å². The molecule has 2 N–H and O–H groups in total. The number of hydrogen-bond donors (Lipinski definition) is 2. The molecule has 0 aliphatic carbocycles. The van der Waals surface area contributed by atoms with Crippen LogP contribution < -0.4 is 10.0 Å². The molecule has 2 heterocycles. The molecular formula is C22H24FN3O4S2. The molecule has 0 spiro atoms. The van der Waals surface area contributed by atoms with Gasteiger partial charge < -0.3 is 10.1 Å². The fourth-order valence-corrected chi connectivity index (χ4v) is 5.50. The molecule has 4 rings (SSSR count). The monoisotopic (exact) mass is 477 g/mol. The molecule has 2 aromatic carbocycles. The van der Waals surface area contributed by atoms with E-state index in [4.69, 9.17) is 4.74 Å². The highest BCUT2D eigenvalue weighted by molar-refractivity contribution is 7.89. The van der Waals surface area contributed by atoms with Crippen LogP contribution in [0.1, 0.15) is 16.1 Å². The predicted molar refractivity (Wildman–Crippen MR) is 123 cm³/mol. The number of nitrogens with zero attached hydrogens (tertiary/aromatic N) is 1. The van der Waals surface area contributed by atoms with Crippen molar-refractivity contribution in [3.8, 4) is 0 Å². The summed E-state index contributed by atoms with van der Waals surface area (Å²) in [4.78, 5) is 15.4. The van der Waals surface area contributed by atoms with Crippen LogP contribution in [0.4, 0.5) is 10.1 Å². The van der Waals surface area contributed by atoms with E-state index in [2.05, 4.69) is 14.9 Å². The minimum absolute atomic E-state index is 0.138. The molecule has 0 unspecified atom stereocenters. The largest absolute Gasteiger partial charge is 0.379 e. The molecule has 1 aliphatic rings. The number of rotatable bonds is 8. The minimum Gasteiger partial charge on any atom is -0.379 e. The molecule has 0 atom stereocenters. The smallest absolute Gasteiger partial charge is 0.265 e. The number of benzene rings is 2. The van der Waals surface area contributed by atoms with Gasteiger partial charge in [0, 0.05) is 30.0 Å². The average Bonchev–Trinajstić information content (AvgIpc) is 3.21. The second-order valence-electron chi connectivity index (χ2n) is 7.48. The van der Waals surface area contributed by atoms with E-state index in [0.29, 0.717) is 28.2 Å². The molecule has 7 nitrogen and oxygen atoms in total. The van der Waals surface area contributed by atoms with Gasteiger partial charge in [-0.15, -0.1) is 11.3 Å². The predicted octanol–water partition coefficient (Wildman–Crippen LogP) is 3.29. The first-order chi connectivity index (χ1) is 15.4. The highest BCUT2D eigenvalue weighted by Gasteiger charge is 2.16. The molecule has 1 saturated heterocycles. The maximum Gasteiger partial charge on any atom is 0.265 e. The average molecular weight is 478 g/mol. The summed E-state index contributed by atoms with van der Waals surface area (Å²) in [7, 11) is -3.62. The van der Waals surface area contributed by atoms with Gasteiger partial charge in [0.2, 0.25) is 10.0 Å². The van der Waals surface area contributed by atoms with Crippen molar-refractivity contribution in [1.29, 1.82) is 0 Å². The number of halogens is 1. The summed E-state index contributed by atoms with van der Waals surface area (Å²) >= 11 is 1.20. The lowest BCUT2D eigenvalue weighted by Crippen LogP contribution is -2.38. The van der Waals surface area contributed by atoms with E-state index in [9.17, 15) is 17.6 Å². The van der Waals surface area contributed by atoms with Crippen LogP contribution in [-0.4, -0.2) is 58.6 Å². The van der Waals surface area contributed by atoms with E-state index in [1.54, 1.807) is 24.3 Å². The topological polar surface area (TPSA) is 87.7 Å². The lowest BCUT2D eigenvalue weighted by Gasteiger charge is -2.26. The Morgan fingerprint density at radius 1 is 1.09 bits per heavy atom. The van der Waals surface area contributed by atoms with Gasteiger partial charge in [-0.1, -0.05) is 6.07 Å². The third kappa shape index (κ3) is 5.70. The molecule has 0 saturated carbocycles. The molecule has 1 fully saturated rings. The molecule has 1 amide bonds. The Morgan fingerprint density at radius 3 is 2.59 bits per heavy atom. The number of sulfonamides is 1. The standard InChI is InChI=1S/C22H24FN3O4S2/c23-17-3-2-16-14-21(31-20(16)15-17)22(27)25-18-4-6-19(7-5-18)32(28,29)24-8-1-9-26-10-12-30-13-11-26/h2-7,14-15,24H,1,8-13H2,(H,25,27). The lowest BCUT2D eigenvalue weighted by atomic mass is 10.2. The summed E-state index contributed by atoms with van der Waals surface area (Å²) in [5.74, 6) is -0.679. The first-order valence-corrected chi connectivity index (χ1v) is 12.6. The fourth-order valence-electron chi connectivity index (χ4n) is 3.44. The van der Waals surface area contributed by atoms with Gasteiger partial charge in [0.05, 0.1) is 23.0 Å². The maximum absolute atomic E-state index is 13.4. The molecule has 1 aromatic heterocycles. The highest BCUT2D eigenvalue weighted by Crippen LogP contribution is 2.27. The Bertz CT molecular complexity index is 1190. The molecule has 10 heteroatoms. The quantitative estimate of drug-likeness (QED) is 0.486. The minimum atomic E-state index is -3.62. The number of ether oxygens (including phenoxy) is 1. The number of carbonyl (C=O) groups excluding carboxylic acids is 1. The summed E-state index contributed by atoms with van der Waals surface area (Å²) in [6.45, 7) is 4.36. The van der Waals surface area contributed by atoms with Crippen molar-refractivity contribution in [2.75, 3.05) is 44.7 Å². The number of carbonyl (C=O) groups is 1. The van der Waals surface area contributed by atoms with E-state index in [0.717, 1.165) is 38.2 Å². The van der Waals surface area contributed by atoms with E-state index >= 15 is 0 Å². The van der Waals surface area contributed by atoms with Crippen LogP contribution in [-0.2, 0) is 14.8 Å². The molecular weight excluding hydrogens is 453 g/mol. The number of amides is 1. The van der Waals surface area contributed by atoms with Crippen molar-refractivity contribution in [2.24, 2.45) is 0 Å². The first-order valence-electron chi connectivity index (χ1n) is 10.3. The third-order valence-corrected chi connectivity index (χ3v) is 7.75. The molecule has 3 aromatic rings. The second kappa shape index (κ2) is 10.1. The Labute approximate surface area is 190 Å². The molecule has 170 valence electrons. The number of nitrogens with one attached hydrogen (secondary N) is 2. The molecule has 1 aliphatic heterocycles. The van der Waals surface area contributed by atoms with Crippen molar-refractivity contribution >= 4 is 43.0 Å². The van der Waals surface area contributed by atoms with Crippen LogP contribution in [0.2, 0.25) is 0 Å². The van der Waals surface area contributed by atoms with E-state index in [1.165, 1.54) is 35.6 Å². The van der Waals surface area contributed by atoms with Crippen LogP contribution in [0.5, 0.6) is 0 Å². The van der Waals surface area contributed by atoms with Gasteiger partial charge in [0.15, 0.2) is 0 Å². The van der Waals surface area contributed by atoms with Gasteiger partial charge >= 0.3 is 0 Å². The van der Waals surface area contributed by atoms with E-state index < -0.39 is 10.0 Å². The normalized spacial score (nSPS) is 15.2. The highest BCUT2D eigenvalue weighted by atomic mass is 32.2. The summed E-state index contributed by atoms with van der Waals surface area (Å²) in [6, 6.07) is 12.1. The third-order valence-electron chi connectivity index (χ3n) is 5.18. The number of morpholine rings is 1. The second-order valence-corrected chi connectivity index (χ2v) is 10.3. The van der Waals surface area contributed by atoms with Gasteiger partial charge in [0.1, 0.15) is 5.82 Å². The number of thiophene rings is 1. The van der Waals surface area contributed by atoms with Crippen molar-refractivity contribution in [3.63, 3.8) is 0 Å². The summed E-state index contributed by atoms with van der Waals surface area (Å²) in [5, 5.41) is 3.54. The summed E-state index contributed by atoms with van der Waals surface area (Å²) in [5.41, 5.74) is 0.477. The number of fused-ring (bicyclic) bond motifs is 1.